The number of hydrogen-bond donors (Lipinski definition) is 0. The molecule has 0 spiro atoms. The molecule has 3 aromatic rings. The molecule has 0 bridgehead atoms. The molecule has 4 rings (SSSR count). The highest BCUT2D eigenvalue weighted by molar-refractivity contribution is 7.13. The Labute approximate surface area is 142 Å². The van der Waals surface area contributed by atoms with Crippen molar-refractivity contribution in [3.8, 4) is 10.8 Å². The fourth-order valence-corrected chi connectivity index (χ4v) is 3.54. The molecule has 1 atom stereocenters. The molecule has 3 aromatic heterocycles. The Hall–Kier alpha value is -2.48. The molecule has 24 heavy (non-hydrogen) atoms. The third-order valence-corrected chi connectivity index (χ3v) is 4.94. The third kappa shape index (κ3) is 2.84. The minimum atomic E-state index is -0.116. The molecule has 4 heterocycles. The van der Waals surface area contributed by atoms with Gasteiger partial charge >= 0.3 is 0 Å². The van der Waals surface area contributed by atoms with Crippen molar-refractivity contribution in [2.75, 3.05) is 13.1 Å². The lowest BCUT2D eigenvalue weighted by Gasteiger charge is -2.30. The van der Waals surface area contributed by atoms with Gasteiger partial charge in [-0.05, 0) is 31.2 Å². The van der Waals surface area contributed by atoms with Crippen LogP contribution in [0, 0.1) is 6.92 Å². The molecule has 1 saturated heterocycles. The number of likely N-dealkylation sites (tertiary alicyclic amines) is 1. The monoisotopic (exact) mass is 344 g/mol. The summed E-state index contributed by atoms with van der Waals surface area (Å²) >= 11 is 1.56. The number of hydrogen-bond acceptors (Lipinski definition) is 7. The number of carbonyl (C=O) groups is 1. The van der Waals surface area contributed by atoms with Crippen LogP contribution in [-0.2, 0) is 0 Å². The zero-order valence-electron chi connectivity index (χ0n) is 13.1. The van der Waals surface area contributed by atoms with E-state index >= 15 is 0 Å². The molecule has 1 unspecified atom stereocenters. The van der Waals surface area contributed by atoms with Crippen LogP contribution in [0.25, 0.3) is 10.8 Å². The summed E-state index contributed by atoms with van der Waals surface area (Å²) in [4.78, 5) is 15.3. The summed E-state index contributed by atoms with van der Waals surface area (Å²) < 4.78 is 10.8. The summed E-state index contributed by atoms with van der Waals surface area (Å²) in [6, 6.07) is 5.56. The maximum atomic E-state index is 12.5. The van der Waals surface area contributed by atoms with Crippen molar-refractivity contribution in [2.45, 2.75) is 25.7 Å². The summed E-state index contributed by atoms with van der Waals surface area (Å²) in [5.41, 5.74) is 0.345. The zero-order chi connectivity index (χ0) is 16.5. The van der Waals surface area contributed by atoms with Crippen LogP contribution in [0.5, 0.6) is 0 Å². The van der Waals surface area contributed by atoms with Crippen molar-refractivity contribution in [3.63, 3.8) is 0 Å². The molecule has 1 amide bonds. The Bertz CT molecular complexity index is 839. The molecule has 124 valence electrons. The maximum absolute atomic E-state index is 12.5. The maximum Gasteiger partial charge on any atom is 0.276 e. The van der Waals surface area contributed by atoms with Gasteiger partial charge in [-0.15, -0.1) is 21.5 Å². The highest BCUT2D eigenvalue weighted by atomic mass is 32.1. The Morgan fingerprint density at radius 2 is 2.33 bits per heavy atom. The van der Waals surface area contributed by atoms with Gasteiger partial charge in [0.05, 0.1) is 10.8 Å². The molecular formula is C16H16N4O3S. The summed E-state index contributed by atoms with van der Waals surface area (Å²) in [6.07, 6.45) is 1.82. The van der Waals surface area contributed by atoms with Gasteiger partial charge in [0.1, 0.15) is 5.76 Å². The second-order valence-electron chi connectivity index (χ2n) is 5.84. The third-order valence-electron chi connectivity index (χ3n) is 4.08. The number of carbonyl (C=O) groups excluding carboxylic acids is 1. The minimum Gasteiger partial charge on any atom is -0.420 e. The van der Waals surface area contributed by atoms with Crippen LogP contribution >= 0.6 is 11.3 Å². The molecule has 0 saturated carbocycles. The van der Waals surface area contributed by atoms with Crippen LogP contribution in [0.4, 0.5) is 0 Å². The van der Waals surface area contributed by atoms with Gasteiger partial charge in [0.25, 0.3) is 11.8 Å². The van der Waals surface area contributed by atoms with Crippen LogP contribution in [0.1, 0.15) is 40.9 Å². The highest BCUT2D eigenvalue weighted by Gasteiger charge is 2.30. The second kappa shape index (κ2) is 6.20. The van der Waals surface area contributed by atoms with Crippen molar-refractivity contribution in [1.82, 2.24) is 20.3 Å². The van der Waals surface area contributed by atoms with Crippen molar-refractivity contribution in [1.29, 1.82) is 0 Å². The molecule has 7 nitrogen and oxygen atoms in total. The largest absolute Gasteiger partial charge is 0.420 e. The molecular weight excluding hydrogens is 328 g/mol. The van der Waals surface area contributed by atoms with Gasteiger partial charge in [-0.25, -0.2) is 0 Å². The molecule has 1 aliphatic heterocycles. The number of nitrogens with zero attached hydrogens (tertiary/aromatic N) is 4. The SMILES string of the molecule is Cc1cc(C(=O)N2CCCC(c3nnc(-c4cccs4)o3)C2)no1. The Morgan fingerprint density at radius 3 is 3.08 bits per heavy atom. The van der Waals surface area contributed by atoms with Crippen LogP contribution < -0.4 is 0 Å². The molecule has 0 aliphatic carbocycles. The van der Waals surface area contributed by atoms with E-state index in [0.717, 1.165) is 17.7 Å². The lowest BCUT2D eigenvalue weighted by Crippen LogP contribution is -2.39. The van der Waals surface area contributed by atoms with Crippen LogP contribution in [-0.4, -0.2) is 39.3 Å². The first-order valence-electron chi connectivity index (χ1n) is 7.80. The molecule has 0 N–H and O–H groups in total. The number of amides is 1. The lowest BCUT2D eigenvalue weighted by atomic mass is 9.98. The number of rotatable bonds is 3. The molecule has 0 aromatic carbocycles. The van der Waals surface area contributed by atoms with Crippen molar-refractivity contribution in [2.24, 2.45) is 0 Å². The van der Waals surface area contributed by atoms with E-state index in [-0.39, 0.29) is 11.8 Å². The van der Waals surface area contributed by atoms with Gasteiger partial charge in [-0.2, -0.15) is 0 Å². The Balaban J connectivity index is 1.50. The van der Waals surface area contributed by atoms with Gasteiger partial charge in [-0.3, -0.25) is 4.79 Å². The fourth-order valence-electron chi connectivity index (χ4n) is 2.89. The number of aryl methyl sites for hydroxylation is 1. The van der Waals surface area contributed by atoms with E-state index in [9.17, 15) is 4.79 Å². The van der Waals surface area contributed by atoms with E-state index < -0.39 is 0 Å². The smallest absolute Gasteiger partial charge is 0.276 e. The summed E-state index contributed by atoms with van der Waals surface area (Å²) in [7, 11) is 0. The van der Waals surface area contributed by atoms with Gasteiger partial charge in [0.2, 0.25) is 5.89 Å². The number of piperidine rings is 1. The van der Waals surface area contributed by atoms with E-state index in [0.29, 0.717) is 36.3 Å². The average molecular weight is 344 g/mol. The lowest BCUT2D eigenvalue weighted by molar-refractivity contribution is 0.0688. The summed E-state index contributed by atoms with van der Waals surface area (Å²) in [6.45, 7) is 3.03. The van der Waals surface area contributed by atoms with E-state index in [2.05, 4.69) is 15.4 Å². The van der Waals surface area contributed by atoms with E-state index in [1.807, 2.05) is 17.5 Å². The summed E-state index contributed by atoms with van der Waals surface area (Å²) in [5, 5.41) is 14.1. The second-order valence-corrected chi connectivity index (χ2v) is 6.78. The van der Waals surface area contributed by atoms with Gasteiger partial charge in [0, 0.05) is 19.2 Å². The number of aromatic nitrogens is 3. The van der Waals surface area contributed by atoms with Crippen molar-refractivity contribution < 1.29 is 13.7 Å². The predicted octanol–water partition coefficient (Wildman–Crippen LogP) is 3.11. The standard InChI is InChI=1S/C16H16N4O3S/c1-10-8-12(19-23-10)16(21)20-6-2-4-11(9-20)14-17-18-15(22-14)13-5-3-7-24-13/h3,5,7-8,11H,2,4,6,9H2,1H3. The average Bonchev–Trinajstić information content (AvgIpc) is 3.35. The van der Waals surface area contributed by atoms with Crippen molar-refractivity contribution in [3.05, 3.63) is 40.9 Å². The quantitative estimate of drug-likeness (QED) is 0.726. The van der Waals surface area contributed by atoms with Gasteiger partial charge in [-0.1, -0.05) is 11.2 Å². The first kappa shape index (κ1) is 15.1. The Kier molecular flexibility index (Phi) is 3.89. The first-order chi connectivity index (χ1) is 11.7. The number of thiophene rings is 1. The summed E-state index contributed by atoms with van der Waals surface area (Å²) in [5.74, 6) is 1.69. The van der Waals surface area contributed by atoms with Crippen LogP contribution in [0.3, 0.4) is 0 Å². The van der Waals surface area contributed by atoms with Crippen molar-refractivity contribution >= 4 is 17.2 Å². The Morgan fingerprint density at radius 1 is 1.42 bits per heavy atom. The molecule has 1 aliphatic rings. The molecule has 1 fully saturated rings. The minimum absolute atomic E-state index is 0.0527. The highest BCUT2D eigenvalue weighted by Crippen LogP contribution is 2.30. The van der Waals surface area contributed by atoms with E-state index in [4.69, 9.17) is 8.94 Å². The van der Waals surface area contributed by atoms with Gasteiger partial charge in [0.15, 0.2) is 5.69 Å². The topological polar surface area (TPSA) is 85.3 Å². The van der Waals surface area contributed by atoms with Gasteiger partial charge < -0.3 is 13.8 Å². The molecule has 8 heteroatoms. The van der Waals surface area contributed by atoms with E-state index in [1.54, 1.807) is 29.2 Å². The fraction of sp³-hybridized carbons (Fsp3) is 0.375. The predicted molar refractivity (Wildman–Crippen MR) is 86.7 cm³/mol. The van der Waals surface area contributed by atoms with Crippen LogP contribution in [0.2, 0.25) is 0 Å². The van der Waals surface area contributed by atoms with E-state index in [1.165, 1.54) is 0 Å². The zero-order valence-corrected chi connectivity index (χ0v) is 14.0. The first-order valence-corrected chi connectivity index (χ1v) is 8.68. The van der Waals surface area contributed by atoms with Crippen LogP contribution in [0.15, 0.2) is 32.5 Å². The normalized spacial score (nSPS) is 18.0. The molecule has 0 radical (unpaired) electrons.